The van der Waals surface area contributed by atoms with Crippen molar-refractivity contribution in [3.63, 3.8) is 0 Å². The molecule has 8 heteroatoms. The number of hydrogen-bond acceptors (Lipinski definition) is 6. The predicted octanol–water partition coefficient (Wildman–Crippen LogP) is 2.92. The second kappa shape index (κ2) is 5.67. The average Bonchev–Trinajstić information content (AvgIpc) is 2.47. The first kappa shape index (κ1) is 13.8. The Kier molecular flexibility index (Phi) is 3.72. The predicted molar refractivity (Wildman–Crippen MR) is 83.3 cm³/mol. The normalized spacial score (nSPS) is 10.8. The van der Waals surface area contributed by atoms with Crippen LogP contribution in [0.15, 0.2) is 30.3 Å². The van der Waals surface area contributed by atoms with Crippen LogP contribution < -0.4 is 11.1 Å². The molecule has 0 aliphatic carbocycles. The smallest absolute Gasteiger partial charge is 0.225 e. The number of anilines is 2. The lowest BCUT2D eigenvalue weighted by Crippen LogP contribution is -2.06. The molecule has 0 radical (unpaired) electrons. The van der Waals surface area contributed by atoms with Crippen molar-refractivity contribution < 1.29 is 0 Å². The number of nitrogen functional groups attached to an aromatic ring is 1. The van der Waals surface area contributed by atoms with E-state index in [0.717, 1.165) is 5.56 Å². The van der Waals surface area contributed by atoms with Crippen molar-refractivity contribution in [2.75, 3.05) is 11.1 Å². The van der Waals surface area contributed by atoms with Crippen LogP contribution in [-0.4, -0.2) is 19.9 Å². The number of rotatable bonds is 3. The van der Waals surface area contributed by atoms with Gasteiger partial charge < -0.3 is 11.1 Å². The third kappa shape index (κ3) is 2.96. The monoisotopic (exact) mass is 320 g/mol. The van der Waals surface area contributed by atoms with Crippen molar-refractivity contribution in [3.8, 4) is 0 Å². The maximum Gasteiger partial charge on any atom is 0.225 e. The molecular weight excluding hydrogens is 311 g/mol. The van der Waals surface area contributed by atoms with Crippen molar-refractivity contribution in [2.24, 2.45) is 0 Å². The lowest BCUT2D eigenvalue weighted by molar-refractivity contribution is 1.08. The number of nitrogens with zero attached hydrogens (tertiary/aromatic N) is 4. The molecule has 0 aliphatic rings. The van der Waals surface area contributed by atoms with E-state index < -0.39 is 0 Å². The molecule has 1 aromatic carbocycles. The van der Waals surface area contributed by atoms with Gasteiger partial charge in [0.15, 0.2) is 11.6 Å². The van der Waals surface area contributed by atoms with Crippen LogP contribution in [0.3, 0.4) is 0 Å². The van der Waals surface area contributed by atoms with Crippen LogP contribution in [0.2, 0.25) is 10.6 Å². The second-order valence-corrected chi connectivity index (χ2v) is 4.93. The molecule has 21 heavy (non-hydrogen) atoms. The van der Waals surface area contributed by atoms with Gasteiger partial charge in [0.1, 0.15) is 11.0 Å². The maximum atomic E-state index is 5.91. The zero-order valence-electron chi connectivity index (χ0n) is 10.7. The molecule has 0 saturated carbocycles. The Bertz CT molecular complexity index is 794. The Morgan fingerprint density at radius 3 is 2.33 bits per heavy atom. The minimum Gasteiger partial charge on any atom is -0.382 e. The summed E-state index contributed by atoms with van der Waals surface area (Å²) in [5, 5.41) is 3.26. The summed E-state index contributed by atoms with van der Waals surface area (Å²) in [7, 11) is 0. The fourth-order valence-electron chi connectivity index (χ4n) is 1.89. The molecule has 2 aromatic heterocycles. The van der Waals surface area contributed by atoms with Gasteiger partial charge in [-0.3, -0.25) is 0 Å². The Labute approximate surface area is 130 Å². The van der Waals surface area contributed by atoms with Crippen LogP contribution in [-0.2, 0) is 6.54 Å². The highest BCUT2D eigenvalue weighted by Gasteiger charge is 2.13. The molecule has 3 rings (SSSR count). The highest BCUT2D eigenvalue weighted by Crippen LogP contribution is 2.25. The van der Waals surface area contributed by atoms with E-state index in [1.54, 1.807) is 0 Å². The van der Waals surface area contributed by atoms with E-state index >= 15 is 0 Å². The standard InChI is InChI=1S/C13H10Cl2N6/c14-12-19-9-8(10(16)20-12)18-13(15)21-11(9)17-6-7-4-2-1-3-5-7/h1-5H,6H2,(H2,16,19,20)(H,17,18,21). The second-order valence-electron chi connectivity index (χ2n) is 4.26. The molecule has 0 aliphatic heterocycles. The number of hydrogen-bond donors (Lipinski definition) is 2. The lowest BCUT2D eigenvalue weighted by atomic mass is 10.2. The molecule has 106 valence electrons. The fraction of sp³-hybridized carbons (Fsp3) is 0.0769. The van der Waals surface area contributed by atoms with Gasteiger partial charge in [0.05, 0.1) is 0 Å². The summed E-state index contributed by atoms with van der Waals surface area (Å²) in [4.78, 5) is 16.2. The summed E-state index contributed by atoms with van der Waals surface area (Å²) in [6.07, 6.45) is 0. The Morgan fingerprint density at radius 2 is 1.57 bits per heavy atom. The lowest BCUT2D eigenvalue weighted by Gasteiger charge is -2.09. The molecule has 3 aromatic rings. The SMILES string of the molecule is Nc1nc(Cl)nc2c(NCc3ccccc3)nc(Cl)nc12. The van der Waals surface area contributed by atoms with E-state index in [4.69, 9.17) is 28.9 Å². The van der Waals surface area contributed by atoms with E-state index in [-0.39, 0.29) is 16.4 Å². The summed E-state index contributed by atoms with van der Waals surface area (Å²) in [6.45, 7) is 0.560. The zero-order chi connectivity index (χ0) is 14.8. The number of aromatic nitrogens is 4. The van der Waals surface area contributed by atoms with Crippen LogP contribution >= 0.6 is 23.2 Å². The van der Waals surface area contributed by atoms with Crippen LogP contribution in [0.4, 0.5) is 11.6 Å². The minimum absolute atomic E-state index is 0.0358. The molecule has 0 spiro atoms. The van der Waals surface area contributed by atoms with Crippen LogP contribution in [0.1, 0.15) is 5.56 Å². The molecule has 0 atom stereocenters. The fourth-order valence-corrected chi connectivity index (χ4v) is 2.23. The highest BCUT2D eigenvalue weighted by atomic mass is 35.5. The van der Waals surface area contributed by atoms with E-state index in [9.17, 15) is 0 Å². The minimum atomic E-state index is 0.0358. The van der Waals surface area contributed by atoms with E-state index in [2.05, 4.69) is 25.3 Å². The first-order valence-corrected chi connectivity index (χ1v) is 6.83. The van der Waals surface area contributed by atoms with E-state index in [1.807, 2.05) is 30.3 Å². The molecule has 0 bridgehead atoms. The highest BCUT2D eigenvalue weighted by molar-refractivity contribution is 6.29. The number of nitrogens with two attached hydrogens (primary N) is 1. The van der Waals surface area contributed by atoms with Gasteiger partial charge in [-0.15, -0.1) is 0 Å². The molecule has 2 heterocycles. The molecule has 6 nitrogen and oxygen atoms in total. The quantitative estimate of drug-likeness (QED) is 0.721. The topological polar surface area (TPSA) is 89.6 Å². The number of fused-ring (bicyclic) bond motifs is 1. The van der Waals surface area contributed by atoms with Gasteiger partial charge in [0.2, 0.25) is 10.6 Å². The van der Waals surface area contributed by atoms with Gasteiger partial charge in [-0.05, 0) is 28.8 Å². The molecule has 3 N–H and O–H groups in total. The number of nitrogens with one attached hydrogen (secondary N) is 1. The average molecular weight is 321 g/mol. The number of benzene rings is 1. The zero-order valence-corrected chi connectivity index (χ0v) is 12.2. The third-order valence-electron chi connectivity index (χ3n) is 2.82. The van der Waals surface area contributed by atoms with Gasteiger partial charge in [-0.2, -0.15) is 9.97 Å². The summed E-state index contributed by atoms with van der Waals surface area (Å²) >= 11 is 11.7. The van der Waals surface area contributed by atoms with Crippen molar-refractivity contribution in [1.82, 2.24) is 19.9 Å². The van der Waals surface area contributed by atoms with E-state index in [0.29, 0.717) is 23.4 Å². The van der Waals surface area contributed by atoms with Gasteiger partial charge in [-0.1, -0.05) is 30.3 Å². The number of halogens is 2. The van der Waals surface area contributed by atoms with Crippen molar-refractivity contribution >= 4 is 45.9 Å². The Morgan fingerprint density at radius 1 is 0.905 bits per heavy atom. The molecular formula is C13H10Cl2N6. The van der Waals surface area contributed by atoms with E-state index in [1.165, 1.54) is 0 Å². The van der Waals surface area contributed by atoms with Crippen LogP contribution in [0.25, 0.3) is 11.0 Å². The summed E-state index contributed by atoms with van der Waals surface area (Å²) < 4.78 is 0. The molecule has 0 amide bonds. The van der Waals surface area contributed by atoms with Crippen molar-refractivity contribution in [2.45, 2.75) is 6.54 Å². The van der Waals surface area contributed by atoms with Gasteiger partial charge >= 0.3 is 0 Å². The van der Waals surface area contributed by atoms with Gasteiger partial charge in [0.25, 0.3) is 0 Å². The van der Waals surface area contributed by atoms with Gasteiger partial charge in [0, 0.05) is 6.54 Å². The van der Waals surface area contributed by atoms with Crippen molar-refractivity contribution in [1.29, 1.82) is 0 Å². The summed E-state index contributed by atoms with van der Waals surface area (Å²) in [6, 6.07) is 9.86. The maximum absolute atomic E-state index is 5.91. The summed E-state index contributed by atoms with van der Waals surface area (Å²) in [5.74, 6) is 0.627. The Hall–Kier alpha value is -2.18. The Balaban J connectivity index is 2.01. The molecule has 0 fully saturated rings. The first-order valence-electron chi connectivity index (χ1n) is 6.07. The van der Waals surface area contributed by atoms with Gasteiger partial charge in [-0.25, -0.2) is 9.97 Å². The molecule has 0 saturated heterocycles. The van der Waals surface area contributed by atoms with Crippen LogP contribution in [0, 0.1) is 0 Å². The van der Waals surface area contributed by atoms with Crippen LogP contribution in [0.5, 0.6) is 0 Å². The largest absolute Gasteiger partial charge is 0.382 e. The summed E-state index contributed by atoms with van der Waals surface area (Å²) in [5.41, 5.74) is 7.69. The first-order chi connectivity index (χ1) is 10.1. The third-order valence-corrected chi connectivity index (χ3v) is 3.16. The van der Waals surface area contributed by atoms with Crippen molar-refractivity contribution in [3.05, 3.63) is 46.5 Å². The molecule has 0 unspecified atom stereocenters.